The van der Waals surface area contributed by atoms with E-state index in [0.29, 0.717) is 18.2 Å². The third-order valence-electron chi connectivity index (χ3n) is 4.24. The van der Waals surface area contributed by atoms with Crippen LogP contribution in [-0.4, -0.2) is 45.6 Å². The predicted octanol–water partition coefficient (Wildman–Crippen LogP) is 3.14. The number of ether oxygens (including phenoxy) is 2. The molecule has 0 N–H and O–H groups in total. The van der Waals surface area contributed by atoms with Crippen LogP contribution >= 0.6 is 11.8 Å². The number of benzene rings is 1. The van der Waals surface area contributed by atoms with Crippen molar-refractivity contribution in [1.29, 1.82) is 0 Å². The topological polar surface area (TPSA) is 79.1 Å². The molecule has 0 amide bonds. The van der Waals surface area contributed by atoms with Gasteiger partial charge in [-0.25, -0.2) is 9.48 Å². The van der Waals surface area contributed by atoms with Crippen LogP contribution in [0.15, 0.2) is 29.4 Å². The van der Waals surface area contributed by atoms with Gasteiger partial charge in [0.15, 0.2) is 0 Å². The number of methoxy groups -OCH3 is 1. The Balaban J connectivity index is 1.46. The number of thioether (sulfide) groups is 1. The Bertz CT molecular complexity index is 683. The van der Waals surface area contributed by atoms with Crippen LogP contribution in [0.2, 0.25) is 0 Å². The average molecular weight is 362 g/mol. The molecule has 8 heteroatoms. The Kier molecular flexibility index (Phi) is 6.27. The first kappa shape index (κ1) is 17.7. The summed E-state index contributed by atoms with van der Waals surface area (Å²) in [5.41, 5.74) is 0.510. The van der Waals surface area contributed by atoms with Gasteiger partial charge in [-0.15, -0.1) is 5.10 Å². The number of tetrazole rings is 1. The Morgan fingerprint density at radius 2 is 2.00 bits per heavy atom. The van der Waals surface area contributed by atoms with Crippen molar-refractivity contribution in [2.45, 2.75) is 43.3 Å². The molecule has 1 aromatic heterocycles. The van der Waals surface area contributed by atoms with Crippen molar-refractivity contribution < 1.29 is 14.3 Å². The fourth-order valence-corrected chi connectivity index (χ4v) is 3.69. The highest BCUT2D eigenvalue weighted by Gasteiger charge is 2.20. The van der Waals surface area contributed by atoms with Crippen molar-refractivity contribution >= 4 is 17.7 Å². The summed E-state index contributed by atoms with van der Waals surface area (Å²) in [6, 6.07) is 7.35. The quantitative estimate of drug-likeness (QED) is 0.425. The van der Waals surface area contributed by atoms with Crippen LogP contribution in [-0.2, 0) is 4.74 Å². The third-order valence-corrected chi connectivity index (χ3v) is 5.14. The van der Waals surface area contributed by atoms with Gasteiger partial charge >= 0.3 is 5.97 Å². The van der Waals surface area contributed by atoms with E-state index in [4.69, 9.17) is 4.74 Å². The van der Waals surface area contributed by atoms with E-state index in [1.165, 1.54) is 26.4 Å². The zero-order chi connectivity index (χ0) is 17.5. The fraction of sp³-hybridized carbons (Fsp3) is 0.529. The van der Waals surface area contributed by atoms with Gasteiger partial charge in [0.1, 0.15) is 5.75 Å². The van der Waals surface area contributed by atoms with Crippen LogP contribution in [0.1, 0.15) is 48.5 Å². The number of rotatable bonds is 7. The zero-order valence-electron chi connectivity index (χ0n) is 14.3. The lowest BCUT2D eigenvalue weighted by molar-refractivity contribution is 0.0600. The van der Waals surface area contributed by atoms with E-state index in [1.54, 1.807) is 36.0 Å². The molecule has 1 heterocycles. The molecular weight excluding hydrogens is 340 g/mol. The lowest BCUT2D eigenvalue weighted by Crippen LogP contribution is -2.15. The van der Waals surface area contributed by atoms with Crippen molar-refractivity contribution in [3.05, 3.63) is 29.8 Å². The van der Waals surface area contributed by atoms with Crippen LogP contribution in [0.5, 0.6) is 5.75 Å². The molecule has 0 aliphatic heterocycles. The lowest BCUT2D eigenvalue weighted by Gasteiger charge is -2.21. The second-order valence-electron chi connectivity index (χ2n) is 5.91. The molecule has 25 heavy (non-hydrogen) atoms. The summed E-state index contributed by atoms with van der Waals surface area (Å²) >= 11 is 1.61. The Morgan fingerprint density at radius 3 is 2.72 bits per heavy atom. The first-order valence-corrected chi connectivity index (χ1v) is 9.48. The summed E-state index contributed by atoms with van der Waals surface area (Å²) in [6.07, 6.45) is 6.12. The summed E-state index contributed by atoms with van der Waals surface area (Å²) < 4.78 is 12.3. The first-order valence-electron chi connectivity index (χ1n) is 8.50. The van der Waals surface area contributed by atoms with Gasteiger partial charge in [-0.3, -0.25) is 0 Å². The largest absolute Gasteiger partial charge is 0.493 e. The second kappa shape index (κ2) is 8.84. The maximum atomic E-state index is 11.4. The zero-order valence-corrected chi connectivity index (χ0v) is 15.1. The molecule has 1 aromatic carbocycles. The molecule has 0 spiro atoms. The monoisotopic (exact) mass is 362 g/mol. The van der Waals surface area contributed by atoms with Crippen molar-refractivity contribution in [3.8, 4) is 5.75 Å². The number of aromatic nitrogens is 4. The number of esters is 1. The van der Waals surface area contributed by atoms with Gasteiger partial charge in [0.05, 0.1) is 25.3 Å². The van der Waals surface area contributed by atoms with E-state index in [0.717, 1.165) is 29.5 Å². The molecule has 0 bridgehead atoms. The fourth-order valence-electron chi connectivity index (χ4n) is 2.93. The minimum Gasteiger partial charge on any atom is -0.493 e. The van der Waals surface area contributed by atoms with Crippen LogP contribution in [0.25, 0.3) is 0 Å². The average Bonchev–Trinajstić information content (AvgIpc) is 3.14. The van der Waals surface area contributed by atoms with Crippen molar-refractivity contribution in [3.63, 3.8) is 0 Å². The van der Waals surface area contributed by atoms with Crippen LogP contribution in [0.4, 0.5) is 0 Å². The van der Waals surface area contributed by atoms with E-state index >= 15 is 0 Å². The summed E-state index contributed by atoms with van der Waals surface area (Å²) in [6.45, 7) is 0.541. The Morgan fingerprint density at radius 1 is 1.24 bits per heavy atom. The van der Waals surface area contributed by atoms with Gasteiger partial charge in [-0.05, 0) is 47.5 Å². The third kappa shape index (κ3) is 4.72. The van der Waals surface area contributed by atoms with Gasteiger partial charge in [-0.1, -0.05) is 31.0 Å². The summed E-state index contributed by atoms with van der Waals surface area (Å²) in [5, 5.41) is 13.0. The highest BCUT2D eigenvalue weighted by atomic mass is 32.2. The van der Waals surface area contributed by atoms with E-state index in [9.17, 15) is 4.79 Å². The number of hydrogen-bond donors (Lipinski definition) is 0. The smallest absolute Gasteiger partial charge is 0.337 e. The van der Waals surface area contributed by atoms with Gasteiger partial charge in [0.25, 0.3) is 0 Å². The molecule has 1 fully saturated rings. The van der Waals surface area contributed by atoms with Gasteiger partial charge in [-0.2, -0.15) is 0 Å². The van der Waals surface area contributed by atoms with Crippen LogP contribution in [0.3, 0.4) is 0 Å². The molecular formula is C17H22N4O3S. The normalized spacial score (nSPS) is 15.1. The molecule has 0 unspecified atom stereocenters. The minimum absolute atomic E-state index is 0.350. The van der Waals surface area contributed by atoms with Crippen molar-refractivity contribution in [1.82, 2.24) is 20.2 Å². The molecule has 1 aliphatic rings. The Hall–Kier alpha value is -2.09. The minimum atomic E-state index is -0.350. The molecule has 134 valence electrons. The number of carbonyl (C=O) groups excluding carboxylic acids is 1. The van der Waals surface area contributed by atoms with E-state index in [1.807, 2.05) is 4.68 Å². The second-order valence-corrected chi connectivity index (χ2v) is 6.97. The molecule has 2 aromatic rings. The molecule has 3 rings (SSSR count). The molecule has 0 atom stereocenters. The molecule has 0 radical (unpaired) electrons. The van der Waals surface area contributed by atoms with E-state index in [-0.39, 0.29) is 5.97 Å². The van der Waals surface area contributed by atoms with Crippen LogP contribution < -0.4 is 4.74 Å². The number of nitrogens with zero attached hydrogens (tertiary/aromatic N) is 4. The van der Waals surface area contributed by atoms with E-state index in [2.05, 4.69) is 20.3 Å². The van der Waals surface area contributed by atoms with Crippen molar-refractivity contribution in [2.75, 3.05) is 19.5 Å². The first-order chi connectivity index (χ1) is 12.3. The summed E-state index contributed by atoms with van der Waals surface area (Å²) in [4.78, 5) is 11.4. The summed E-state index contributed by atoms with van der Waals surface area (Å²) in [7, 11) is 1.37. The van der Waals surface area contributed by atoms with Crippen molar-refractivity contribution in [2.24, 2.45) is 0 Å². The molecule has 7 nitrogen and oxygen atoms in total. The van der Waals surface area contributed by atoms with Gasteiger partial charge in [0, 0.05) is 5.75 Å². The highest BCUT2D eigenvalue weighted by Crippen LogP contribution is 2.30. The maximum Gasteiger partial charge on any atom is 0.337 e. The summed E-state index contributed by atoms with van der Waals surface area (Å²) in [5.74, 6) is 1.13. The van der Waals surface area contributed by atoms with E-state index < -0.39 is 0 Å². The lowest BCUT2D eigenvalue weighted by atomic mass is 9.96. The predicted molar refractivity (Wildman–Crippen MR) is 93.9 cm³/mol. The van der Waals surface area contributed by atoms with Gasteiger partial charge < -0.3 is 9.47 Å². The number of carbonyl (C=O) groups is 1. The SMILES string of the molecule is COC(=O)c1ccc(OCCSc2nnnn2C2CCCCC2)cc1. The van der Waals surface area contributed by atoms with Crippen LogP contribution in [0, 0.1) is 0 Å². The number of hydrogen-bond acceptors (Lipinski definition) is 7. The Labute approximate surface area is 151 Å². The maximum absolute atomic E-state index is 11.4. The van der Waals surface area contributed by atoms with Gasteiger partial charge in [0.2, 0.25) is 5.16 Å². The standard InChI is InChI=1S/C17H22N4O3S/c1-23-16(22)13-7-9-15(10-8-13)24-11-12-25-17-18-19-20-21(17)14-5-3-2-4-6-14/h7-10,14H,2-6,11-12H2,1H3. The highest BCUT2D eigenvalue weighted by molar-refractivity contribution is 7.99. The molecule has 1 aliphatic carbocycles. The molecule has 1 saturated carbocycles. The molecule has 0 saturated heterocycles.